The quantitative estimate of drug-likeness (QED) is 0.446. The smallest absolute Gasteiger partial charge is 0.273 e. The Morgan fingerprint density at radius 1 is 1.12 bits per heavy atom. The van der Waals surface area contributed by atoms with Crippen LogP contribution in [0.15, 0.2) is 66.0 Å². The molecule has 32 heavy (non-hydrogen) atoms. The van der Waals surface area contributed by atoms with Crippen LogP contribution in [0, 0.1) is 0 Å². The van der Waals surface area contributed by atoms with Crippen molar-refractivity contribution in [2.24, 2.45) is 4.99 Å². The molecular weight excluding hydrogens is 600 g/mol. The molecule has 1 amide bonds. The number of hydrogen-bond acceptors (Lipinski definition) is 5. The Kier molecular flexibility index (Phi) is 6.41. The van der Waals surface area contributed by atoms with Crippen LogP contribution in [0.5, 0.6) is 0 Å². The lowest BCUT2D eigenvalue weighted by Crippen LogP contribution is -2.33. The number of thiophene rings is 1. The molecule has 5 nitrogen and oxygen atoms in total. The van der Waals surface area contributed by atoms with Gasteiger partial charge in [0.15, 0.2) is 0 Å². The summed E-state index contributed by atoms with van der Waals surface area (Å²) in [5, 5.41) is 2.22. The molecule has 0 spiro atoms. The van der Waals surface area contributed by atoms with Crippen molar-refractivity contribution < 1.29 is 13.2 Å². The van der Waals surface area contributed by atoms with Crippen LogP contribution in [-0.4, -0.2) is 19.9 Å². The SMILES string of the molecule is CC1(C)N=c2ccc(C(=O)NS(=O)(=O)c3ccc(Br)s3)cc2=C1Cc1ccc(Br)cc1Cl. The molecule has 4 rings (SSSR count). The molecule has 10 heteroatoms. The zero-order valence-electron chi connectivity index (χ0n) is 16.9. The van der Waals surface area contributed by atoms with E-state index in [9.17, 15) is 13.2 Å². The molecule has 0 unspecified atom stereocenters. The predicted octanol–water partition coefficient (Wildman–Crippen LogP) is 4.85. The highest BCUT2D eigenvalue weighted by molar-refractivity contribution is 9.11. The maximum absolute atomic E-state index is 12.8. The van der Waals surface area contributed by atoms with E-state index in [0.29, 0.717) is 15.2 Å². The summed E-state index contributed by atoms with van der Waals surface area (Å²) in [5.74, 6) is -0.692. The lowest BCUT2D eigenvalue weighted by Gasteiger charge is -2.20. The van der Waals surface area contributed by atoms with Crippen molar-refractivity contribution >= 4 is 76.3 Å². The number of sulfonamides is 1. The van der Waals surface area contributed by atoms with Crippen LogP contribution in [0.2, 0.25) is 5.02 Å². The monoisotopic (exact) mass is 614 g/mol. The fraction of sp³-hybridized carbons (Fsp3) is 0.182. The summed E-state index contributed by atoms with van der Waals surface area (Å²) >= 11 is 14.1. The summed E-state index contributed by atoms with van der Waals surface area (Å²) < 4.78 is 28.9. The van der Waals surface area contributed by atoms with E-state index in [1.54, 1.807) is 24.3 Å². The summed E-state index contributed by atoms with van der Waals surface area (Å²) in [4.78, 5) is 17.6. The topological polar surface area (TPSA) is 75.6 Å². The largest absolute Gasteiger partial charge is 0.274 e. The summed E-state index contributed by atoms with van der Waals surface area (Å²) in [7, 11) is -3.96. The number of halogens is 3. The number of carbonyl (C=O) groups excluding carboxylic acids is 1. The van der Waals surface area contributed by atoms with Gasteiger partial charge in [-0.15, -0.1) is 11.3 Å². The summed E-state index contributed by atoms with van der Waals surface area (Å²) in [6.45, 7) is 4.02. The third-order valence-corrected chi connectivity index (χ3v) is 9.44. The van der Waals surface area contributed by atoms with Crippen molar-refractivity contribution in [1.29, 1.82) is 0 Å². The number of rotatable bonds is 5. The second-order valence-electron chi connectivity index (χ2n) is 7.79. The lowest BCUT2D eigenvalue weighted by molar-refractivity contribution is 0.0981. The van der Waals surface area contributed by atoms with E-state index in [0.717, 1.165) is 37.5 Å². The van der Waals surface area contributed by atoms with E-state index >= 15 is 0 Å². The first-order chi connectivity index (χ1) is 15.0. The maximum Gasteiger partial charge on any atom is 0.273 e. The van der Waals surface area contributed by atoms with Gasteiger partial charge in [0.25, 0.3) is 15.9 Å². The van der Waals surface area contributed by atoms with Gasteiger partial charge in [-0.25, -0.2) is 13.1 Å². The molecule has 3 aromatic rings. The standard InChI is InChI=1S/C22H17Br2ClN2O3S2/c1-22(2)16(10-12-3-5-14(23)11-17(12)25)15-9-13(4-6-18(15)26-22)21(28)27-32(29,30)20-8-7-19(24)31-20/h3-9,11H,10H2,1-2H3,(H,27,28). The molecule has 0 radical (unpaired) electrons. The van der Waals surface area contributed by atoms with Crippen LogP contribution in [0.1, 0.15) is 29.8 Å². The average Bonchev–Trinajstić information content (AvgIpc) is 3.24. The summed E-state index contributed by atoms with van der Waals surface area (Å²) in [6.07, 6.45) is 0.558. The van der Waals surface area contributed by atoms with Crippen LogP contribution in [0.3, 0.4) is 0 Å². The van der Waals surface area contributed by atoms with Gasteiger partial charge in [0.2, 0.25) is 0 Å². The summed E-state index contributed by atoms with van der Waals surface area (Å²) in [6, 6.07) is 13.8. The van der Waals surface area contributed by atoms with Crippen LogP contribution in [-0.2, 0) is 16.4 Å². The van der Waals surface area contributed by atoms with Crippen molar-refractivity contribution in [3.8, 4) is 0 Å². The molecule has 0 fully saturated rings. The van der Waals surface area contributed by atoms with Crippen LogP contribution < -0.4 is 15.3 Å². The fourth-order valence-corrected chi connectivity index (χ4v) is 7.28. The highest BCUT2D eigenvalue weighted by atomic mass is 79.9. The molecule has 2 aromatic carbocycles. The molecule has 0 aliphatic carbocycles. The van der Waals surface area contributed by atoms with E-state index in [1.807, 2.05) is 32.0 Å². The Morgan fingerprint density at radius 3 is 2.53 bits per heavy atom. The van der Waals surface area contributed by atoms with Crippen molar-refractivity contribution in [2.45, 2.75) is 30.0 Å². The Hall–Kier alpha value is -1.52. The predicted molar refractivity (Wildman–Crippen MR) is 134 cm³/mol. The molecule has 0 saturated carbocycles. The molecule has 0 atom stereocenters. The van der Waals surface area contributed by atoms with Crippen LogP contribution >= 0.6 is 54.8 Å². The lowest BCUT2D eigenvalue weighted by atomic mass is 9.89. The first kappa shape index (κ1) is 23.6. The van der Waals surface area contributed by atoms with Crippen molar-refractivity contribution in [2.75, 3.05) is 0 Å². The second kappa shape index (κ2) is 8.68. The maximum atomic E-state index is 12.8. The Bertz CT molecular complexity index is 1480. The fourth-order valence-electron chi connectivity index (χ4n) is 3.56. The average molecular weight is 617 g/mol. The second-order valence-corrected chi connectivity index (χ2v) is 13.5. The zero-order valence-corrected chi connectivity index (χ0v) is 22.5. The van der Waals surface area contributed by atoms with Gasteiger partial charge in [-0.2, -0.15) is 0 Å². The molecule has 1 aliphatic rings. The van der Waals surface area contributed by atoms with E-state index in [-0.39, 0.29) is 9.77 Å². The number of amides is 1. The number of nitrogens with zero attached hydrogens (tertiary/aromatic N) is 1. The van der Waals surface area contributed by atoms with Gasteiger partial charge < -0.3 is 0 Å². The number of benzene rings is 2. The molecule has 1 aromatic heterocycles. The number of fused-ring (bicyclic) bond motifs is 1. The Labute approximate surface area is 211 Å². The molecule has 166 valence electrons. The highest BCUT2D eigenvalue weighted by Crippen LogP contribution is 2.30. The minimum Gasteiger partial charge on any atom is -0.274 e. The van der Waals surface area contributed by atoms with Gasteiger partial charge in [0.05, 0.1) is 14.7 Å². The van der Waals surface area contributed by atoms with E-state index in [4.69, 9.17) is 16.6 Å². The third kappa shape index (κ3) is 4.72. The van der Waals surface area contributed by atoms with Crippen LogP contribution in [0.4, 0.5) is 0 Å². The van der Waals surface area contributed by atoms with Gasteiger partial charge in [0.1, 0.15) is 4.21 Å². The normalized spacial score (nSPS) is 14.7. The molecule has 2 heterocycles. The molecular formula is C22H17Br2ClN2O3S2. The number of hydrogen-bond donors (Lipinski definition) is 1. The summed E-state index contributed by atoms with van der Waals surface area (Å²) in [5.41, 5.74) is 1.72. The minimum absolute atomic E-state index is 0.0622. The molecule has 1 aliphatic heterocycles. The highest BCUT2D eigenvalue weighted by Gasteiger charge is 2.29. The van der Waals surface area contributed by atoms with Crippen LogP contribution in [0.25, 0.3) is 5.57 Å². The Balaban J connectivity index is 1.73. The van der Waals surface area contributed by atoms with Crippen molar-refractivity contribution in [3.05, 3.63) is 83.5 Å². The van der Waals surface area contributed by atoms with E-state index < -0.39 is 21.5 Å². The molecule has 1 N–H and O–H groups in total. The number of nitrogens with one attached hydrogen (secondary N) is 1. The molecule has 0 saturated heterocycles. The molecule has 0 bridgehead atoms. The number of carbonyl (C=O) groups is 1. The first-order valence-corrected chi connectivity index (χ1v) is 13.7. The third-order valence-electron chi connectivity index (χ3n) is 5.15. The van der Waals surface area contributed by atoms with Gasteiger partial charge >= 0.3 is 0 Å². The van der Waals surface area contributed by atoms with E-state index in [2.05, 4.69) is 36.6 Å². The van der Waals surface area contributed by atoms with Gasteiger partial charge in [-0.3, -0.25) is 9.79 Å². The Morgan fingerprint density at radius 2 is 1.88 bits per heavy atom. The first-order valence-electron chi connectivity index (χ1n) is 9.46. The van der Waals surface area contributed by atoms with Gasteiger partial charge in [-0.05, 0) is 89.8 Å². The zero-order chi connectivity index (χ0) is 23.3. The van der Waals surface area contributed by atoms with Crippen molar-refractivity contribution in [3.63, 3.8) is 0 Å². The van der Waals surface area contributed by atoms with Crippen molar-refractivity contribution in [1.82, 2.24) is 4.72 Å². The minimum atomic E-state index is -3.96. The van der Waals surface area contributed by atoms with Gasteiger partial charge in [-0.1, -0.05) is 33.6 Å². The van der Waals surface area contributed by atoms with E-state index in [1.165, 1.54) is 6.07 Å². The van der Waals surface area contributed by atoms with Gasteiger partial charge in [0, 0.05) is 20.3 Å².